The molecule has 108 valence electrons. The van der Waals surface area contributed by atoms with E-state index < -0.39 is 5.97 Å². The number of carboxylic acids is 1. The number of carboxylic acid groups (broad SMARTS) is 1. The van der Waals surface area contributed by atoms with Crippen LogP contribution in [0.15, 0.2) is 66.7 Å². The smallest absolute Gasteiger partial charge is 0.307 e. The first-order chi connectivity index (χ1) is 10.7. The van der Waals surface area contributed by atoms with Crippen molar-refractivity contribution in [1.82, 2.24) is 0 Å². The lowest BCUT2D eigenvalue weighted by Crippen LogP contribution is -2.09. The van der Waals surface area contributed by atoms with Gasteiger partial charge in [-0.15, -0.1) is 0 Å². The Kier molecular flexibility index (Phi) is 3.71. The summed E-state index contributed by atoms with van der Waals surface area (Å²) < 4.78 is 0. The third kappa shape index (κ3) is 2.61. The second-order valence-electron chi connectivity index (χ2n) is 5.08. The Balaban J connectivity index is 2.13. The molecule has 3 aromatic carbocycles. The lowest BCUT2D eigenvalue weighted by atomic mass is 9.93. The number of aliphatic carboxylic acids is 1. The molecule has 22 heavy (non-hydrogen) atoms. The molecular weight excluding hydrogens is 276 g/mol. The molecule has 0 aliphatic heterocycles. The Morgan fingerprint density at radius 2 is 1.41 bits per heavy atom. The Morgan fingerprint density at radius 1 is 0.773 bits per heavy atom. The first-order valence-corrected chi connectivity index (χ1v) is 6.99. The molecule has 0 saturated carbocycles. The van der Waals surface area contributed by atoms with Gasteiger partial charge in [-0.25, -0.2) is 0 Å². The standard InChI is InChI=1S/C19H14O3/c20-18(21)12-14-7-2-4-10-16(14)19(22)17-11-5-8-13-6-1-3-9-15(13)17/h1-11H,12H2,(H,20,21). The average Bonchev–Trinajstić information content (AvgIpc) is 2.54. The first-order valence-electron chi connectivity index (χ1n) is 6.99. The number of ketones is 1. The third-order valence-corrected chi connectivity index (χ3v) is 3.64. The Morgan fingerprint density at radius 3 is 2.23 bits per heavy atom. The van der Waals surface area contributed by atoms with Gasteiger partial charge in [-0.1, -0.05) is 66.7 Å². The van der Waals surface area contributed by atoms with Gasteiger partial charge in [0.05, 0.1) is 6.42 Å². The van der Waals surface area contributed by atoms with Gasteiger partial charge in [0.2, 0.25) is 0 Å². The molecule has 0 saturated heterocycles. The summed E-state index contributed by atoms with van der Waals surface area (Å²) in [6.45, 7) is 0. The van der Waals surface area contributed by atoms with Gasteiger partial charge in [0.1, 0.15) is 0 Å². The molecule has 3 nitrogen and oxygen atoms in total. The maximum absolute atomic E-state index is 12.9. The number of rotatable bonds is 4. The molecule has 0 amide bonds. The van der Waals surface area contributed by atoms with E-state index in [9.17, 15) is 9.59 Å². The van der Waals surface area contributed by atoms with Crippen molar-refractivity contribution in [3.8, 4) is 0 Å². The van der Waals surface area contributed by atoms with Crippen molar-refractivity contribution in [3.05, 3.63) is 83.4 Å². The maximum atomic E-state index is 12.9. The average molecular weight is 290 g/mol. The van der Waals surface area contributed by atoms with Crippen LogP contribution < -0.4 is 0 Å². The third-order valence-electron chi connectivity index (χ3n) is 3.64. The first kappa shape index (κ1) is 14.0. The quantitative estimate of drug-likeness (QED) is 0.745. The van der Waals surface area contributed by atoms with Gasteiger partial charge < -0.3 is 5.11 Å². The Hall–Kier alpha value is -2.94. The molecule has 0 spiro atoms. The number of fused-ring (bicyclic) bond motifs is 1. The Bertz CT molecular complexity index is 860. The van der Waals surface area contributed by atoms with E-state index in [0.29, 0.717) is 16.7 Å². The molecule has 3 heteroatoms. The topological polar surface area (TPSA) is 54.4 Å². The second kappa shape index (κ2) is 5.82. The summed E-state index contributed by atoms with van der Waals surface area (Å²) in [7, 11) is 0. The second-order valence-corrected chi connectivity index (χ2v) is 5.08. The minimum atomic E-state index is -0.946. The van der Waals surface area contributed by atoms with Gasteiger partial charge in [0, 0.05) is 11.1 Å². The number of hydrogen-bond donors (Lipinski definition) is 1. The highest BCUT2D eigenvalue weighted by atomic mass is 16.4. The summed E-state index contributed by atoms with van der Waals surface area (Å²) in [4.78, 5) is 23.9. The molecule has 0 aromatic heterocycles. The molecule has 3 aromatic rings. The van der Waals surface area contributed by atoms with Gasteiger partial charge in [0.25, 0.3) is 0 Å². The van der Waals surface area contributed by atoms with Crippen molar-refractivity contribution in [2.45, 2.75) is 6.42 Å². The highest BCUT2D eigenvalue weighted by Gasteiger charge is 2.16. The monoisotopic (exact) mass is 290 g/mol. The minimum Gasteiger partial charge on any atom is -0.481 e. The summed E-state index contributed by atoms with van der Waals surface area (Å²) in [5.74, 6) is -1.09. The summed E-state index contributed by atoms with van der Waals surface area (Å²) in [5, 5.41) is 10.9. The van der Waals surface area contributed by atoms with Crippen LogP contribution in [0.5, 0.6) is 0 Å². The minimum absolute atomic E-state index is 0.145. The van der Waals surface area contributed by atoms with E-state index >= 15 is 0 Å². The van der Waals surface area contributed by atoms with Gasteiger partial charge in [0.15, 0.2) is 5.78 Å². The molecule has 0 atom stereocenters. The molecule has 0 heterocycles. The Labute approximate surface area is 127 Å². The van der Waals surface area contributed by atoms with E-state index in [1.54, 1.807) is 30.3 Å². The zero-order valence-corrected chi connectivity index (χ0v) is 11.8. The van der Waals surface area contributed by atoms with Crippen molar-refractivity contribution in [3.63, 3.8) is 0 Å². The zero-order chi connectivity index (χ0) is 15.5. The highest BCUT2D eigenvalue weighted by molar-refractivity contribution is 6.17. The molecule has 0 bridgehead atoms. The van der Waals surface area contributed by atoms with Crippen molar-refractivity contribution in [2.24, 2.45) is 0 Å². The van der Waals surface area contributed by atoms with Crippen molar-refractivity contribution >= 4 is 22.5 Å². The van der Waals surface area contributed by atoms with E-state index in [2.05, 4.69) is 0 Å². The van der Waals surface area contributed by atoms with Crippen LogP contribution in [-0.4, -0.2) is 16.9 Å². The highest BCUT2D eigenvalue weighted by Crippen LogP contribution is 2.23. The summed E-state index contributed by atoms with van der Waals surface area (Å²) in [6, 6.07) is 20.1. The fraction of sp³-hybridized carbons (Fsp3) is 0.0526. The van der Waals surface area contributed by atoms with E-state index in [4.69, 9.17) is 5.11 Å². The van der Waals surface area contributed by atoms with Crippen molar-refractivity contribution < 1.29 is 14.7 Å². The summed E-state index contributed by atoms with van der Waals surface area (Å²) >= 11 is 0. The van der Waals surface area contributed by atoms with Gasteiger partial charge in [-0.3, -0.25) is 9.59 Å². The van der Waals surface area contributed by atoms with Gasteiger partial charge in [-0.2, -0.15) is 0 Å². The normalized spacial score (nSPS) is 10.5. The molecule has 0 radical (unpaired) electrons. The van der Waals surface area contributed by atoms with Gasteiger partial charge in [-0.05, 0) is 16.3 Å². The van der Waals surface area contributed by atoms with E-state index in [0.717, 1.165) is 10.8 Å². The van der Waals surface area contributed by atoms with E-state index in [1.165, 1.54) is 0 Å². The predicted molar refractivity (Wildman–Crippen MR) is 85.2 cm³/mol. The predicted octanol–water partition coefficient (Wildman–Crippen LogP) is 3.70. The summed E-state index contributed by atoms with van der Waals surface area (Å²) in [6.07, 6.45) is -0.160. The van der Waals surface area contributed by atoms with E-state index in [1.807, 2.05) is 36.4 Å². The maximum Gasteiger partial charge on any atom is 0.307 e. The molecule has 0 aliphatic rings. The van der Waals surface area contributed by atoms with Crippen molar-refractivity contribution in [2.75, 3.05) is 0 Å². The largest absolute Gasteiger partial charge is 0.481 e. The van der Waals surface area contributed by atoms with Crippen LogP contribution in [0.4, 0.5) is 0 Å². The van der Waals surface area contributed by atoms with Crippen LogP contribution in [0.25, 0.3) is 10.8 Å². The van der Waals surface area contributed by atoms with Crippen LogP contribution in [0.3, 0.4) is 0 Å². The molecule has 0 aliphatic carbocycles. The number of benzene rings is 3. The van der Waals surface area contributed by atoms with Crippen molar-refractivity contribution in [1.29, 1.82) is 0 Å². The fourth-order valence-electron chi connectivity index (χ4n) is 2.63. The molecule has 0 unspecified atom stereocenters. The summed E-state index contributed by atoms with van der Waals surface area (Å²) in [5.41, 5.74) is 1.57. The fourth-order valence-corrected chi connectivity index (χ4v) is 2.63. The lowest BCUT2D eigenvalue weighted by Gasteiger charge is -2.09. The molecule has 0 fully saturated rings. The van der Waals surface area contributed by atoms with Crippen LogP contribution in [-0.2, 0) is 11.2 Å². The van der Waals surface area contributed by atoms with Crippen LogP contribution in [0.1, 0.15) is 21.5 Å². The number of hydrogen-bond acceptors (Lipinski definition) is 2. The van der Waals surface area contributed by atoms with Crippen LogP contribution in [0, 0.1) is 0 Å². The molecule has 3 rings (SSSR count). The lowest BCUT2D eigenvalue weighted by molar-refractivity contribution is -0.136. The molecule has 1 N–H and O–H groups in total. The van der Waals surface area contributed by atoms with Gasteiger partial charge >= 0.3 is 5.97 Å². The number of carbonyl (C=O) groups is 2. The van der Waals surface area contributed by atoms with E-state index in [-0.39, 0.29) is 12.2 Å². The SMILES string of the molecule is O=C(O)Cc1ccccc1C(=O)c1cccc2ccccc12. The molecular formula is C19H14O3. The zero-order valence-electron chi connectivity index (χ0n) is 11.8. The van der Waals surface area contributed by atoms with Crippen LogP contribution >= 0.6 is 0 Å². The van der Waals surface area contributed by atoms with Crippen LogP contribution in [0.2, 0.25) is 0 Å². The number of carbonyl (C=O) groups excluding carboxylic acids is 1.